The Balaban J connectivity index is 1.66. The van der Waals surface area contributed by atoms with Crippen molar-refractivity contribution in [2.24, 2.45) is 0 Å². The SMILES string of the molecule is Nc1nc(SCC(=O)Nc2ccc(F)cc2)ncc1S(=O)(=O)c1cccs1. The molecule has 140 valence electrons. The molecule has 2 heterocycles. The number of carbonyl (C=O) groups excluding carboxylic acids is 1. The lowest BCUT2D eigenvalue weighted by Gasteiger charge is -2.07. The molecular weight excluding hydrogens is 411 g/mol. The molecule has 0 radical (unpaired) electrons. The summed E-state index contributed by atoms with van der Waals surface area (Å²) in [6.07, 6.45) is 1.14. The standard InChI is InChI=1S/C16H13FN4O3S3/c17-10-3-5-11(6-4-10)20-13(22)9-26-16-19-8-12(15(18)21-16)27(23,24)14-2-1-7-25-14/h1-8H,9H2,(H,20,22)(H2,18,19,21). The zero-order chi connectivity index (χ0) is 19.4. The van der Waals surface area contributed by atoms with Crippen molar-refractivity contribution in [3.8, 4) is 0 Å². The molecule has 0 aliphatic heterocycles. The third-order valence-corrected chi connectivity index (χ3v) is 7.30. The van der Waals surface area contributed by atoms with Crippen LogP contribution >= 0.6 is 23.1 Å². The number of anilines is 2. The van der Waals surface area contributed by atoms with Crippen LogP contribution in [0.5, 0.6) is 0 Å². The van der Waals surface area contributed by atoms with Gasteiger partial charge in [0, 0.05) is 5.69 Å². The number of halogens is 1. The first-order valence-electron chi connectivity index (χ1n) is 7.45. The molecule has 27 heavy (non-hydrogen) atoms. The minimum atomic E-state index is -3.77. The average molecular weight is 425 g/mol. The molecule has 0 spiro atoms. The van der Waals surface area contributed by atoms with E-state index in [9.17, 15) is 17.6 Å². The number of benzene rings is 1. The predicted molar refractivity (Wildman–Crippen MR) is 102 cm³/mol. The lowest BCUT2D eigenvalue weighted by atomic mass is 10.3. The highest BCUT2D eigenvalue weighted by Crippen LogP contribution is 2.28. The van der Waals surface area contributed by atoms with E-state index in [0.29, 0.717) is 5.69 Å². The summed E-state index contributed by atoms with van der Waals surface area (Å²) in [6, 6.07) is 8.45. The molecule has 0 aliphatic carbocycles. The van der Waals surface area contributed by atoms with Crippen molar-refractivity contribution in [3.05, 3.63) is 53.8 Å². The fourth-order valence-corrected chi connectivity index (χ4v) is 5.03. The minimum Gasteiger partial charge on any atom is -0.382 e. The molecule has 2 aromatic heterocycles. The number of nitrogen functional groups attached to an aromatic ring is 1. The van der Waals surface area contributed by atoms with Crippen molar-refractivity contribution < 1.29 is 17.6 Å². The lowest BCUT2D eigenvalue weighted by Crippen LogP contribution is -2.14. The summed E-state index contributed by atoms with van der Waals surface area (Å²) in [5.41, 5.74) is 6.24. The molecule has 0 saturated heterocycles. The maximum absolute atomic E-state index is 12.9. The van der Waals surface area contributed by atoms with Gasteiger partial charge in [0.25, 0.3) is 0 Å². The van der Waals surface area contributed by atoms with Crippen LogP contribution in [0.1, 0.15) is 0 Å². The van der Waals surface area contributed by atoms with E-state index in [2.05, 4.69) is 15.3 Å². The summed E-state index contributed by atoms with van der Waals surface area (Å²) in [7, 11) is -3.77. The van der Waals surface area contributed by atoms with Crippen LogP contribution in [-0.4, -0.2) is 30.0 Å². The van der Waals surface area contributed by atoms with E-state index in [1.165, 1.54) is 30.3 Å². The molecule has 1 amide bonds. The van der Waals surface area contributed by atoms with Crippen molar-refractivity contribution >= 4 is 50.3 Å². The van der Waals surface area contributed by atoms with Gasteiger partial charge in [-0.25, -0.2) is 22.8 Å². The fourth-order valence-electron chi connectivity index (χ4n) is 2.03. The molecule has 0 atom stereocenters. The van der Waals surface area contributed by atoms with E-state index >= 15 is 0 Å². The first kappa shape index (κ1) is 19.3. The Hall–Kier alpha value is -2.50. The van der Waals surface area contributed by atoms with Gasteiger partial charge in [-0.2, -0.15) is 0 Å². The Morgan fingerprint density at radius 1 is 1.26 bits per heavy atom. The van der Waals surface area contributed by atoms with Gasteiger partial charge in [-0.1, -0.05) is 17.8 Å². The molecule has 3 aromatic rings. The van der Waals surface area contributed by atoms with Crippen LogP contribution in [0.25, 0.3) is 0 Å². The van der Waals surface area contributed by atoms with Gasteiger partial charge in [-0.05, 0) is 35.7 Å². The fraction of sp³-hybridized carbons (Fsp3) is 0.0625. The number of hydrogen-bond acceptors (Lipinski definition) is 8. The molecule has 0 fully saturated rings. The quantitative estimate of drug-likeness (QED) is 0.462. The normalized spacial score (nSPS) is 11.3. The van der Waals surface area contributed by atoms with Crippen LogP contribution < -0.4 is 11.1 Å². The van der Waals surface area contributed by atoms with Crippen LogP contribution in [0.3, 0.4) is 0 Å². The van der Waals surface area contributed by atoms with Gasteiger partial charge in [0.15, 0.2) is 5.16 Å². The van der Waals surface area contributed by atoms with Crippen LogP contribution in [0.2, 0.25) is 0 Å². The zero-order valence-electron chi connectivity index (χ0n) is 13.6. The van der Waals surface area contributed by atoms with Gasteiger partial charge in [-0.15, -0.1) is 11.3 Å². The molecule has 1 aromatic carbocycles. The first-order valence-corrected chi connectivity index (χ1v) is 10.8. The molecule has 3 rings (SSSR count). The van der Waals surface area contributed by atoms with Gasteiger partial charge >= 0.3 is 0 Å². The summed E-state index contributed by atoms with van der Waals surface area (Å²) in [6.45, 7) is 0. The smallest absolute Gasteiger partial charge is 0.234 e. The highest BCUT2D eigenvalue weighted by molar-refractivity contribution is 7.99. The molecule has 0 saturated carbocycles. The highest BCUT2D eigenvalue weighted by atomic mass is 32.2. The topological polar surface area (TPSA) is 115 Å². The number of aromatic nitrogens is 2. The lowest BCUT2D eigenvalue weighted by molar-refractivity contribution is -0.113. The number of carbonyl (C=O) groups is 1. The number of thioether (sulfide) groups is 1. The van der Waals surface area contributed by atoms with E-state index in [0.717, 1.165) is 29.3 Å². The maximum atomic E-state index is 12.9. The molecule has 11 heteroatoms. The first-order chi connectivity index (χ1) is 12.9. The summed E-state index contributed by atoms with van der Waals surface area (Å²) < 4.78 is 37.9. The second-order valence-electron chi connectivity index (χ2n) is 5.18. The molecule has 0 unspecified atom stereocenters. The molecule has 7 nitrogen and oxygen atoms in total. The van der Waals surface area contributed by atoms with E-state index in [-0.39, 0.29) is 31.7 Å². The molecule has 3 N–H and O–H groups in total. The number of thiophene rings is 1. The number of sulfone groups is 1. The highest BCUT2D eigenvalue weighted by Gasteiger charge is 2.23. The van der Waals surface area contributed by atoms with Crippen molar-refractivity contribution in [2.45, 2.75) is 14.3 Å². The minimum absolute atomic E-state index is 0.0200. The Morgan fingerprint density at radius 2 is 2.00 bits per heavy atom. The third kappa shape index (κ3) is 4.62. The van der Waals surface area contributed by atoms with Crippen LogP contribution in [0.15, 0.2) is 62.2 Å². The van der Waals surface area contributed by atoms with E-state index in [4.69, 9.17) is 5.73 Å². The van der Waals surface area contributed by atoms with Crippen LogP contribution in [0, 0.1) is 5.82 Å². The average Bonchev–Trinajstić information content (AvgIpc) is 3.17. The number of nitrogens with one attached hydrogen (secondary N) is 1. The molecular formula is C16H13FN4O3S3. The monoisotopic (exact) mass is 424 g/mol. The second-order valence-corrected chi connectivity index (χ2v) is 9.22. The van der Waals surface area contributed by atoms with E-state index in [1.54, 1.807) is 11.4 Å². The number of nitrogens with zero attached hydrogens (tertiary/aromatic N) is 2. The van der Waals surface area contributed by atoms with Gasteiger partial charge in [0.05, 0.1) is 11.9 Å². The number of rotatable bonds is 6. The van der Waals surface area contributed by atoms with Crippen molar-refractivity contribution in [2.75, 3.05) is 16.8 Å². The van der Waals surface area contributed by atoms with Gasteiger partial charge in [0.1, 0.15) is 20.7 Å². The Bertz CT molecular complexity index is 1060. The number of nitrogens with two attached hydrogens (primary N) is 1. The maximum Gasteiger partial charge on any atom is 0.234 e. The van der Waals surface area contributed by atoms with Crippen molar-refractivity contribution in [1.82, 2.24) is 9.97 Å². The Labute approximate surface area is 162 Å². The molecule has 0 bridgehead atoms. The summed E-state index contributed by atoms with van der Waals surface area (Å²) >= 11 is 2.07. The summed E-state index contributed by atoms with van der Waals surface area (Å²) in [5.74, 6) is -0.943. The van der Waals surface area contributed by atoms with Gasteiger partial charge in [0.2, 0.25) is 15.7 Å². The number of hydrogen-bond donors (Lipinski definition) is 2. The Morgan fingerprint density at radius 3 is 2.63 bits per heavy atom. The summed E-state index contributed by atoms with van der Waals surface area (Å²) in [4.78, 5) is 19.7. The van der Waals surface area contributed by atoms with Crippen LogP contribution in [-0.2, 0) is 14.6 Å². The second kappa shape index (κ2) is 8.03. The van der Waals surface area contributed by atoms with Gasteiger partial charge in [-0.3, -0.25) is 4.79 Å². The summed E-state index contributed by atoms with van der Waals surface area (Å²) in [5, 5.41) is 4.42. The van der Waals surface area contributed by atoms with Gasteiger partial charge < -0.3 is 11.1 Å². The van der Waals surface area contributed by atoms with Crippen LogP contribution in [0.4, 0.5) is 15.9 Å². The number of amides is 1. The third-order valence-electron chi connectivity index (χ3n) is 3.27. The van der Waals surface area contributed by atoms with Crippen molar-refractivity contribution in [1.29, 1.82) is 0 Å². The molecule has 0 aliphatic rings. The Kier molecular flexibility index (Phi) is 5.73. The predicted octanol–water partition coefficient (Wildman–Crippen LogP) is 2.82. The van der Waals surface area contributed by atoms with E-state index < -0.39 is 15.7 Å². The zero-order valence-corrected chi connectivity index (χ0v) is 16.1. The van der Waals surface area contributed by atoms with Crippen molar-refractivity contribution in [3.63, 3.8) is 0 Å². The largest absolute Gasteiger partial charge is 0.382 e. The van der Waals surface area contributed by atoms with E-state index in [1.807, 2.05) is 0 Å².